The molecule has 14 nitrogen and oxygen atoms in total. The molecule has 7 aromatic carbocycles. The van der Waals surface area contributed by atoms with E-state index in [2.05, 4.69) is 26.6 Å². The van der Waals surface area contributed by atoms with Crippen LogP contribution in [0.1, 0.15) is 72.0 Å². The van der Waals surface area contributed by atoms with E-state index in [1.165, 1.54) is 12.1 Å². The zero-order chi connectivity index (χ0) is 53.4. The van der Waals surface area contributed by atoms with Crippen LogP contribution < -0.4 is 32.3 Å². The van der Waals surface area contributed by atoms with E-state index in [4.69, 9.17) is 5.73 Å². The molecule has 7 aromatic rings. The molecule has 9 N–H and O–H groups in total. The Morgan fingerprint density at radius 2 is 0.855 bits per heavy atom. The number of carboxylic acid groups (broad SMARTS) is 1. The third-order valence-electron chi connectivity index (χ3n) is 13.9. The van der Waals surface area contributed by atoms with Gasteiger partial charge in [0.2, 0.25) is 29.5 Å². The fourth-order valence-electron chi connectivity index (χ4n) is 9.59. The van der Waals surface area contributed by atoms with Crippen LogP contribution in [0.4, 0.5) is 0 Å². The smallest absolute Gasteiger partial charge is 0.326 e. The van der Waals surface area contributed by atoms with E-state index in [-0.39, 0.29) is 37.9 Å². The highest BCUT2D eigenvalue weighted by Crippen LogP contribution is 2.30. The van der Waals surface area contributed by atoms with Crippen LogP contribution in [-0.2, 0) is 48.0 Å². The van der Waals surface area contributed by atoms with Gasteiger partial charge in [0.05, 0.1) is 0 Å². The van der Waals surface area contributed by atoms with Gasteiger partial charge in [0.1, 0.15) is 41.5 Å². The summed E-state index contributed by atoms with van der Waals surface area (Å²) in [4.78, 5) is 85.9. The van der Waals surface area contributed by atoms with Gasteiger partial charge >= 0.3 is 5.97 Å². The van der Waals surface area contributed by atoms with E-state index in [9.17, 15) is 34.2 Å². The quantitative estimate of drug-likeness (QED) is 0.0353. The summed E-state index contributed by atoms with van der Waals surface area (Å²) in [5.41, 5.74) is 11.7. The number of aliphatic carboxylic acids is 1. The Balaban J connectivity index is 1.08. The first-order valence-electron chi connectivity index (χ1n) is 25.5. The molecule has 0 bridgehead atoms. The van der Waals surface area contributed by atoms with Crippen LogP contribution in [0.15, 0.2) is 194 Å². The summed E-state index contributed by atoms with van der Waals surface area (Å²) in [6.45, 7) is 0. The summed E-state index contributed by atoms with van der Waals surface area (Å²) >= 11 is 0. The van der Waals surface area contributed by atoms with Gasteiger partial charge < -0.3 is 42.5 Å². The maximum atomic E-state index is 15.1. The number of nitrogens with two attached hydrogens (primary N) is 1. The third kappa shape index (κ3) is 14.0. The summed E-state index contributed by atoms with van der Waals surface area (Å²) in [6, 6.07) is 51.5. The predicted molar refractivity (Wildman–Crippen MR) is 291 cm³/mol. The van der Waals surface area contributed by atoms with Crippen LogP contribution in [0.25, 0.3) is 22.3 Å². The lowest BCUT2D eigenvalue weighted by Gasteiger charge is -2.38. The fraction of sp³-hybridized carbons (Fsp3) is 0.226. The summed E-state index contributed by atoms with van der Waals surface area (Å²) in [5, 5.41) is 34.4. The van der Waals surface area contributed by atoms with Gasteiger partial charge in [0.15, 0.2) is 0 Å². The second-order valence-corrected chi connectivity index (χ2v) is 19.3. The van der Waals surface area contributed by atoms with Crippen LogP contribution in [0.2, 0.25) is 0 Å². The van der Waals surface area contributed by atoms with Crippen LogP contribution in [0, 0.1) is 0 Å². The van der Waals surface area contributed by atoms with Gasteiger partial charge in [-0.15, -0.1) is 0 Å². The minimum absolute atomic E-state index is 0.00840. The molecule has 1 saturated carbocycles. The number of carbonyl (C=O) groups excluding carboxylic acids is 5. The summed E-state index contributed by atoms with van der Waals surface area (Å²) in [7, 11) is 0. The summed E-state index contributed by atoms with van der Waals surface area (Å²) in [5.74, 6) is -4.70. The number of rotatable bonds is 21. The fourth-order valence-corrected chi connectivity index (χ4v) is 9.59. The number of phenols is 1. The molecule has 388 valence electrons. The molecule has 5 atom stereocenters. The lowest BCUT2D eigenvalue weighted by molar-refractivity contribution is -0.144. The van der Waals surface area contributed by atoms with Gasteiger partial charge in [0, 0.05) is 19.3 Å². The molecular formula is C62H62N6O8. The van der Waals surface area contributed by atoms with E-state index in [0.717, 1.165) is 34.2 Å². The molecule has 1 aliphatic rings. The van der Waals surface area contributed by atoms with Crippen LogP contribution in [0.5, 0.6) is 5.75 Å². The van der Waals surface area contributed by atoms with Crippen molar-refractivity contribution in [2.45, 2.75) is 87.1 Å². The van der Waals surface area contributed by atoms with Crippen molar-refractivity contribution in [3.05, 3.63) is 222 Å². The average molecular weight is 1020 g/mol. The normalized spacial score (nSPS) is 14.8. The van der Waals surface area contributed by atoms with Crippen molar-refractivity contribution < 1.29 is 39.0 Å². The number of hydrogen-bond donors (Lipinski definition) is 8. The molecule has 14 heteroatoms. The maximum absolute atomic E-state index is 15.1. The van der Waals surface area contributed by atoms with Crippen molar-refractivity contribution in [3.63, 3.8) is 0 Å². The molecule has 76 heavy (non-hydrogen) atoms. The molecule has 5 amide bonds. The topological polar surface area (TPSA) is 229 Å². The van der Waals surface area contributed by atoms with Crippen LogP contribution >= 0.6 is 0 Å². The Bertz CT molecular complexity index is 3060. The molecule has 1 aliphatic carbocycles. The van der Waals surface area contributed by atoms with Gasteiger partial charge in [0.25, 0.3) is 0 Å². The highest BCUT2D eigenvalue weighted by atomic mass is 16.4. The monoisotopic (exact) mass is 1020 g/mol. The zero-order valence-electron chi connectivity index (χ0n) is 41.9. The Labute approximate surface area is 442 Å². The third-order valence-corrected chi connectivity index (χ3v) is 13.9. The minimum atomic E-state index is -1.52. The van der Waals surface area contributed by atoms with E-state index in [0.29, 0.717) is 35.1 Å². The lowest BCUT2D eigenvalue weighted by Crippen LogP contribution is -2.65. The van der Waals surface area contributed by atoms with Crippen molar-refractivity contribution in [1.82, 2.24) is 26.6 Å². The van der Waals surface area contributed by atoms with Gasteiger partial charge in [-0.2, -0.15) is 0 Å². The van der Waals surface area contributed by atoms with E-state index in [1.54, 1.807) is 60.7 Å². The number of nitrogens with one attached hydrogen (secondary N) is 5. The number of hydrogen-bond acceptors (Lipinski definition) is 8. The van der Waals surface area contributed by atoms with Gasteiger partial charge in [-0.3, -0.25) is 24.0 Å². The first-order chi connectivity index (χ1) is 36.8. The first kappa shape index (κ1) is 53.4. The SMILES string of the molecule is N[C@H](C(=O)N[C@@H](Cc1ccccc1)C(=O)N[C@H](C(=O)N[C@@H](Cc1ccccc1)C(=O)NC1(C(=O)N[C@@H](Cc2ccc(O)cc2)C(=O)O)CCCCC1)c1ccc(-c2ccccc2)cc1)c1ccc(-c2ccccc2)cc1. The van der Waals surface area contributed by atoms with Crippen LogP contribution in [-0.4, -0.2) is 69.4 Å². The second kappa shape index (κ2) is 25.4. The number of carboxylic acids is 1. The molecule has 0 spiro atoms. The Morgan fingerprint density at radius 3 is 1.36 bits per heavy atom. The molecule has 1 fully saturated rings. The highest BCUT2D eigenvalue weighted by Gasteiger charge is 2.44. The summed E-state index contributed by atoms with van der Waals surface area (Å²) in [6.07, 6.45) is 2.30. The molecule has 0 unspecified atom stereocenters. The molecule has 0 saturated heterocycles. The van der Waals surface area contributed by atoms with Gasteiger partial charge in [-0.25, -0.2) is 4.79 Å². The molecule has 0 radical (unpaired) electrons. The van der Waals surface area contributed by atoms with Gasteiger partial charge in [-0.05, 0) is 75.0 Å². The van der Waals surface area contributed by atoms with Crippen LogP contribution in [0.3, 0.4) is 0 Å². The van der Waals surface area contributed by atoms with E-state index >= 15 is 4.79 Å². The van der Waals surface area contributed by atoms with Crippen molar-refractivity contribution in [2.75, 3.05) is 0 Å². The van der Waals surface area contributed by atoms with Crippen molar-refractivity contribution in [1.29, 1.82) is 0 Å². The Morgan fingerprint density at radius 1 is 0.434 bits per heavy atom. The number of carbonyl (C=O) groups is 6. The van der Waals surface area contributed by atoms with E-state index in [1.807, 2.05) is 121 Å². The zero-order valence-corrected chi connectivity index (χ0v) is 41.9. The molecule has 0 aromatic heterocycles. The van der Waals surface area contributed by atoms with Crippen molar-refractivity contribution in [3.8, 4) is 28.0 Å². The first-order valence-corrected chi connectivity index (χ1v) is 25.5. The van der Waals surface area contributed by atoms with Gasteiger partial charge in [-0.1, -0.05) is 201 Å². The standard InChI is InChI=1S/C62H62N6O8/c63-54(48-30-26-46(27-31-48)44-20-10-3-11-21-44)58(72)64-51(38-41-16-6-1-7-17-41)56(70)67-55(49-32-28-47(29-33-49)45-22-12-4-13-23-45)59(73)65-52(39-42-18-8-2-9-19-42)57(71)68-62(36-14-5-15-37-62)61(76)66-53(60(74)75)40-43-24-34-50(69)35-25-43/h1-4,6-13,16-35,51-55,69H,5,14-15,36-40,63H2,(H,64,72)(H,65,73)(H,66,76)(H,67,70)(H,68,71)(H,74,75)/t51-,52-,53-,54-,55-/m0/s1. The predicted octanol–water partition coefficient (Wildman–Crippen LogP) is 7.67. The summed E-state index contributed by atoms with van der Waals surface area (Å²) < 4.78 is 0. The molecular weight excluding hydrogens is 957 g/mol. The second-order valence-electron chi connectivity index (χ2n) is 19.3. The minimum Gasteiger partial charge on any atom is -0.508 e. The van der Waals surface area contributed by atoms with Crippen molar-refractivity contribution >= 4 is 35.5 Å². The molecule has 8 rings (SSSR count). The molecule has 0 aliphatic heterocycles. The largest absolute Gasteiger partial charge is 0.508 e. The number of benzene rings is 7. The highest BCUT2D eigenvalue weighted by molar-refractivity contribution is 5.98. The van der Waals surface area contributed by atoms with Crippen molar-refractivity contribution in [2.24, 2.45) is 5.73 Å². The Hall–Kier alpha value is -8.88. The molecule has 0 heterocycles. The number of phenolic OH excluding ortho intramolecular Hbond substituents is 1. The Kier molecular flexibility index (Phi) is 17.8. The number of amides is 5. The lowest BCUT2D eigenvalue weighted by atomic mass is 9.80. The van der Waals surface area contributed by atoms with E-state index < -0.39 is 71.3 Å². The number of aromatic hydroxyl groups is 1. The maximum Gasteiger partial charge on any atom is 0.326 e. The average Bonchev–Trinajstić information content (AvgIpc) is 3.45.